The van der Waals surface area contributed by atoms with Gasteiger partial charge in [-0.25, -0.2) is 4.98 Å². The molecule has 0 radical (unpaired) electrons. The first-order chi connectivity index (χ1) is 13.9. The third-order valence-electron chi connectivity index (χ3n) is 4.08. The van der Waals surface area contributed by atoms with Gasteiger partial charge in [-0.3, -0.25) is 15.1 Å². The van der Waals surface area contributed by atoms with Crippen molar-refractivity contribution in [2.24, 2.45) is 4.99 Å². The number of aromatic hydroxyl groups is 1. The molecule has 0 aliphatic carbocycles. The van der Waals surface area contributed by atoms with E-state index in [0.29, 0.717) is 27.2 Å². The van der Waals surface area contributed by atoms with Crippen LogP contribution in [0.15, 0.2) is 68.5 Å². The van der Waals surface area contributed by atoms with E-state index in [4.69, 9.17) is 4.42 Å². The molecule has 0 atom stereocenters. The summed E-state index contributed by atoms with van der Waals surface area (Å²) in [7, 11) is 0. The maximum atomic E-state index is 11.0. The monoisotopic (exact) mass is 563 g/mol. The van der Waals surface area contributed by atoms with Crippen LogP contribution in [0.1, 0.15) is 5.56 Å². The van der Waals surface area contributed by atoms with Gasteiger partial charge in [0.15, 0.2) is 5.58 Å². The van der Waals surface area contributed by atoms with E-state index in [0.717, 1.165) is 9.13 Å². The van der Waals surface area contributed by atoms with E-state index in [1.54, 1.807) is 24.3 Å². The van der Waals surface area contributed by atoms with Crippen LogP contribution in [-0.4, -0.2) is 21.2 Å². The summed E-state index contributed by atoms with van der Waals surface area (Å²) in [6.07, 6.45) is 1.37. The molecule has 0 spiro atoms. The zero-order chi connectivity index (χ0) is 20.5. The van der Waals surface area contributed by atoms with Crippen LogP contribution >= 0.6 is 38.5 Å². The van der Waals surface area contributed by atoms with Crippen molar-refractivity contribution in [2.45, 2.75) is 0 Å². The lowest BCUT2D eigenvalue weighted by Crippen LogP contribution is -1.92. The molecule has 144 valence electrons. The van der Waals surface area contributed by atoms with Gasteiger partial charge in [-0.2, -0.15) is 0 Å². The first-order valence-electron chi connectivity index (χ1n) is 8.28. The number of nitro groups is 1. The first kappa shape index (κ1) is 19.5. The number of nitrogens with zero attached hydrogens (tertiary/aromatic N) is 3. The largest absolute Gasteiger partial charge is 0.502 e. The van der Waals surface area contributed by atoms with Crippen molar-refractivity contribution in [3.05, 3.63) is 78.3 Å². The van der Waals surface area contributed by atoms with E-state index in [2.05, 4.69) is 48.5 Å². The number of hydrogen-bond acceptors (Lipinski definition) is 6. The van der Waals surface area contributed by atoms with E-state index in [9.17, 15) is 15.2 Å². The Hall–Kier alpha value is -2.79. The Bertz CT molecular complexity index is 1290. The molecule has 29 heavy (non-hydrogen) atoms. The summed E-state index contributed by atoms with van der Waals surface area (Å²) in [4.78, 5) is 19.2. The zero-order valence-corrected chi connectivity index (χ0v) is 18.3. The molecule has 0 saturated heterocycles. The molecular formula is C20H11BrIN3O4. The molecule has 0 aliphatic rings. The zero-order valence-electron chi connectivity index (χ0n) is 14.5. The summed E-state index contributed by atoms with van der Waals surface area (Å²) in [6.45, 7) is 0. The van der Waals surface area contributed by atoms with Crippen molar-refractivity contribution in [1.29, 1.82) is 0 Å². The quantitative estimate of drug-likeness (QED) is 0.137. The van der Waals surface area contributed by atoms with Crippen LogP contribution in [-0.2, 0) is 0 Å². The van der Waals surface area contributed by atoms with Gasteiger partial charge in [0.2, 0.25) is 11.6 Å². The van der Waals surface area contributed by atoms with Gasteiger partial charge in [-0.05, 0) is 65.1 Å². The fourth-order valence-corrected chi connectivity index (χ4v) is 3.73. The van der Waals surface area contributed by atoms with Gasteiger partial charge in [0.25, 0.3) is 0 Å². The molecule has 4 aromatic rings. The number of halogens is 2. The molecule has 0 amide bonds. The molecule has 1 heterocycles. The van der Waals surface area contributed by atoms with Gasteiger partial charge in [0.1, 0.15) is 5.52 Å². The van der Waals surface area contributed by atoms with Gasteiger partial charge in [-0.1, -0.05) is 22.0 Å². The van der Waals surface area contributed by atoms with E-state index < -0.39 is 16.4 Å². The minimum Gasteiger partial charge on any atom is -0.502 e. The summed E-state index contributed by atoms with van der Waals surface area (Å²) in [5, 5.41) is 21.2. The standard InChI is InChI=1S/C20H11BrIN3O4/c21-13-6-12(19(26)17(8-13)25(27)28)10-23-15-4-5-18-16(9-15)24-20(29-18)11-2-1-3-14(22)7-11/h1-10,26H. The number of rotatable bonds is 4. The molecule has 0 fully saturated rings. The van der Waals surface area contributed by atoms with Crippen LogP contribution in [0.2, 0.25) is 0 Å². The second-order valence-corrected chi connectivity index (χ2v) is 8.22. The fraction of sp³-hybridized carbons (Fsp3) is 0. The average Bonchev–Trinajstić information content (AvgIpc) is 3.11. The number of aliphatic imine (C=N–C) groups is 1. The highest BCUT2D eigenvalue weighted by Gasteiger charge is 2.17. The molecule has 7 nitrogen and oxygen atoms in total. The Balaban J connectivity index is 1.68. The molecule has 1 N–H and O–H groups in total. The molecule has 1 aromatic heterocycles. The predicted molar refractivity (Wildman–Crippen MR) is 122 cm³/mol. The lowest BCUT2D eigenvalue weighted by molar-refractivity contribution is -0.385. The average molecular weight is 564 g/mol. The van der Waals surface area contributed by atoms with Crippen LogP contribution in [0.4, 0.5) is 11.4 Å². The molecule has 0 unspecified atom stereocenters. The Labute approximate surface area is 186 Å². The van der Waals surface area contributed by atoms with Crippen molar-refractivity contribution < 1.29 is 14.4 Å². The van der Waals surface area contributed by atoms with E-state index in [1.807, 2.05) is 24.3 Å². The Morgan fingerprint density at radius 2 is 2.03 bits per heavy atom. The number of hydrogen-bond donors (Lipinski definition) is 1. The van der Waals surface area contributed by atoms with Gasteiger partial charge in [0.05, 0.1) is 10.6 Å². The van der Waals surface area contributed by atoms with Crippen molar-refractivity contribution in [3.63, 3.8) is 0 Å². The number of benzene rings is 3. The summed E-state index contributed by atoms with van der Waals surface area (Å²) >= 11 is 5.43. The van der Waals surface area contributed by atoms with Crippen LogP contribution in [0.5, 0.6) is 5.75 Å². The fourth-order valence-electron chi connectivity index (χ4n) is 2.73. The van der Waals surface area contributed by atoms with Crippen LogP contribution in [0.25, 0.3) is 22.6 Å². The second kappa shape index (κ2) is 7.91. The Kier molecular flexibility index (Phi) is 5.33. The highest BCUT2D eigenvalue weighted by molar-refractivity contribution is 14.1. The second-order valence-electron chi connectivity index (χ2n) is 6.06. The molecule has 9 heteroatoms. The Morgan fingerprint density at radius 1 is 1.21 bits per heavy atom. The van der Waals surface area contributed by atoms with Crippen LogP contribution in [0.3, 0.4) is 0 Å². The predicted octanol–water partition coefficient (Wildman–Crippen LogP) is 6.23. The number of phenolic OH excluding ortho intramolecular Hbond substituents is 1. The molecule has 3 aromatic carbocycles. The first-order valence-corrected chi connectivity index (χ1v) is 10.2. The van der Waals surface area contributed by atoms with E-state index in [1.165, 1.54) is 12.3 Å². The van der Waals surface area contributed by atoms with Crippen molar-refractivity contribution in [3.8, 4) is 17.2 Å². The highest BCUT2D eigenvalue weighted by atomic mass is 127. The molecule has 4 rings (SSSR count). The van der Waals surface area contributed by atoms with Gasteiger partial charge in [0, 0.05) is 31.5 Å². The van der Waals surface area contributed by atoms with Gasteiger partial charge < -0.3 is 9.52 Å². The molecular weight excluding hydrogens is 553 g/mol. The third-order valence-corrected chi connectivity index (χ3v) is 5.21. The summed E-state index contributed by atoms with van der Waals surface area (Å²) in [6, 6.07) is 15.9. The van der Waals surface area contributed by atoms with E-state index >= 15 is 0 Å². The maximum Gasteiger partial charge on any atom is 0.312 e. The lowest BCUT2D eigenvalue weighted by Gasteiger charge is -2.01. The number of phenols is 1. The van der Waals surface area contributed by atoms with E-state index in [-0.39, 0.29) is 5.56 Å². The number of aromatic nitrogens is 1. The minimum atomic E-state index is -0.648. The van der Waals surface area contributed by atoms with Crippen LogP contribution in [0, 0.1) is 13.7 Å². The smallest absolute Gasteiger partial charge is 0.312 e. The highest BCUT2D eigenvalue weighted by Crippen LogP contribution is 2.33. The minimum absolute atomic E-state index is 0.228. The topological polar surface area (TPSA) is 102 Å². The lowest BCUT2D eigenvalue weighted by atomic mass is 10.2. The maximum absolute atomic E-state index is 11.0. The number of nitro benzene ring substituents is 1. The van der Waals surface area contributed by atoms with Crippen LogP contribution < -0.4 is 0 Å². The molecule has 0 bridgehead atoms. The third kappa shape index (κ3) is 4.15. The van der Waals surface area contributed by atoms with Gasteiger partial charge >= 0.3 is 5.69 Å². The summed E-state index contributed by atoms with van der Waals surface area (Å²) in [5.41, 5.74) is 2.55. The Morgan fingerprint density at radius 3 is 2.79 bits per heavy atom. The summed E-state index contributed by atoms with van der Waals surface area (Å²) < 4.78 is 7.37. The molecule has 0 aliphatic heterocycles. The normalized spacial score (nSPS) is 11.4. The SMILES string of the molecule is O=[N+]([O-])c1cc(Br)cc(C=Nc2ccc3oc(-c4cccc(I)c4)nc3c2)c1O. The number of fused-ring (bicyclic) bond motifs is 1. The van der Waals surface area contributed by atoms with Crippen molar-refractivity contribution in [1.82, 2.24) is 4.98 Å². The van der Waals surface area contributed by atoms with Gasteiger partial charge in [-0.15, -0.1) is 0 Å². The van der Waals surface area contributed by atoms with Crippen molar-refractivity contribution >= 4 is 67.2 Å². The summed E-state index contributed by atoms with van der Waals surface area (Å²) in [5.74, 6) is 0.0744. The van der Waals surface area contributed by atoms with Crippen molar-refractivity contribution in [2.75, 3.05) is 0 Å². The number of oxazole rings is 1. The molecule has 0 saturated carbocycles.